The highest BCUT2D eigenvalue weighted by molar-refractivity contribution is 7.92. The molecule has 1 aliphatic carbocycles. The lowest BCUT2D eigenvalue weighted by atomic mass is 9.76. The number of hydrogen-bond donors (Lipinski definition) is 1. The molecular formula is C35H32F9NO6S. The lowest BCUT2D eigenvalue weighted by Gasteiger charge is -2.39. The van der Waals surface area contributed by atoms with E-state index in [1.807, 2.05) is 0 Å². The smallest absolute Gasteiger partial charge is 0.430 e. The average molecular weight is 766 g/mol. The largest absolute Gasteiger partial charge is 0.481 e. The van der Waals surface area contributed by atoms with Gasteiger partial charge in [-0.05, 0) is 74.1 Å². The van der Waals surface area contributed by atoms with Crippen molar-refractivity contribution in [2.45, 2.75) is 72.7 Å². The molecule has 17 heteroatoms. The Morgan fingerprint density at radius 3 is 1.85 bits per heavy atom. The van der Waals surface area contributed by atoms with Gasteiger partial charge in [0, 0.05) is 36.1 Å². The summed E-state index contributed by atoms with van der Waals surface area (Å²) in [4.78, 5) is 26.1. The van der Waals surface area contributed by atoms with Gasteiger partial charge in [0.2, 0.25) is 5.91 Å². The second-order valence-corrected chi connectivity index (χ2v) is 15.0. The van der Waals surface area contributed by atoms with Crippen LogP contribution in [0, 0.1) is 29.3 Å². The molecule has 1 saturated carbocycles. The maximum Gasteiger partial charge on any atom is 0.430 e. The van der Waals surface area contributed by atoms with Crippen molar-refractivity contribution in [2.75, 3.05) is 13.1 Å². The number of hydrogen-bond acceptors (Lipinski definition) is 5. The van der Waals surface area contributed by atoms with Crippen LogP contribution in [0.4, 0.5) is 39.5 Å². The first-order valence-electron chi connectivity index (χ1n) is 16.1. The Kier molecular flexibility index (Phi) is 11.1. The molecule has 7 nitrogen and oxygen atoms in total. The fourth-order valence-electron chi connectivity index (χ4n) is 7.04. The van der Waals surface area contributed by atoms with E-state index in [-0.39, 0.29) is 55.7 Å². The molecule has 2 unspecified atom stereocenters. The van der Waals surface area contributed by atoms with Crippen LogP contribution >= 0.6 is 0 Å². The van der Waals surface area contributed by atoms with Crippen molar-refractivity contribution in [1.82, 2.24) is 4.90 Å². The molecule has 1 N–H and O–H groups in total. The quantitative estimate of drug-likeness (QED) is 0.177. The summed E-state index contributed by atoms with van der Waals surface area (Å²) >= 11 is 0. The number of likely N-dealkylation sites (tertiary alicyclic amines) is 1. The molecule has 2 fully saturated rings. The minimum absolute atomic E-state index is 0.0279. The number of carboxylic acid groups (broad SMARTS) is 1. The SMILES string of the molecule is O=C(O)C1CCN(C(=O)[C@@H]2CCC(S(=O)(=O)c3ccc(F)cc3)C(c3ccc(C(OCc4c(F)cccc4F)(C(F)(F)F)C(F)(F)F)cc3)C2)CC1. The van der Waals surface area contributed by atoms with E-state index in [0.717, 1.165) is 42.5 Å². The first-order chi connectivity index (χ1) is 24.3. The number of sulfone groups is 1. The Morgan fingerprint density at radius 1 is 0.769 bits per heavy atom. The van der Waals surface area contributed by atoms with E-state index < -0.39 is 97.9 Å². The molecule has 1 heterocycles. The van der Waals surface area contributed by atoms with Crippen LogP contribution in [0.15, 0.2) is 71.6 Å². The predicted octanol–water partition coefficient (Wildman–Crippen LogP) is 7.69. The van der Waals surface area contributed by atoms with Crippen molar-refractivity contribution in [3.63, 3.8) is 0 Å². The minimum Gasteiger partial charge on any atom is -0.481 e. The number of nitrogens with zero attached hydrogens (tertiary/aromatic N) is 1. The summed E-state index contributed by atoms with van der Waals surface area (Å²) in [6.45, 7) is -1.51. The van der Waals surface area contributed by atoms with Crippen LogP contribution in [0.2, 0.25) is 0 Å². The highest BCUT2D eigenvalue weighted by Gasteiger charge is 2.73. The summed E-state index contributed by atoms with van der Waals surface area (Å²) < 4.78 is 161. The summed E-state index contributed by atoms with van der Waals surface area (Å²) in [6.07, 6.45) is -12.3. The Hall–Kier alpha value is -4.12. The highest BCUT2D eigenvalue weighted by atomic mass is 32.2. The summed E-state index contributed by atoms with van der Waals surface area (Å²) in [5.74, 6) is -7.63. The summed E-state index contributed by atoms with van der Waals surface area (Å²) in [7, 11) is -4.31. The zero-order valence-corrected chi connectivity index (χ0v) is 27.9. The van der Waals surface area contributed by atoms with Crippen LogP contribution in [-0.2, 0) is 36.4 Å². The molecule has 1 amide bonds. The third-order valence-electron chi connectivity index (χ3n) is 9.87. The van der Waals surface area contributed by atoms with Gasteiger partial charge in [-0.1, -0.05) is 30.3 Å². The number of ether oxygens (including phenoxy) is 1. The monoisotopic (exact) mass is 765 g/mol. The average Bonchev–Trinajstić information content (AvgIpc) is 3.08. The van der Waals surface area contributed by atoms with E-state index in [1.54, 1.807) is 0 Å². The van der Waals surface area contributed by atoms with Crippen molar-refractivity contribution in [1.29, 1.82) is 0 Å². The van der Waals surface area contributed by atoms with E-state index in [4.69, 9.17) is 0 Å². The second-order valence-electron chi connectivity index (χ2n) is 12.9. The fourth-order valence-corrected chi connectivity index (χ4v) is 9.06. The van der Waals surface area contributed by atoms with Gasteiger partial charge in [-0.15, -0.1) is 0 Å². The highest BCUT2D eigenvalue weighted by Crippen LogP contribution is 2.54. The van der Waals surface area contributed by atoms with Crippen molar-refractivity contribution in [2.24, 2.45) is 11.8 Å². The Balaban J connectivity index is 1.52. The Bertz CT molecular complexity index is 1840. The van der Waals surface area contributed by atoms with Crippen LogP contribution in [0.25, 0.3) is 0 Å². The number of amides is 1. The first kappa shape index (κ1) is 39.1. The van der Waals surface area contributed by atoms with Gasteiger partial charge in [0.05, 0.1) is 22.7 Å². The molecule has 3 aromatic carbocycles. The van der Waals surface area contributed by atoms with E-state index in [9.17, 15) is 62.6 Å². The van der Waals surface area contributed by atoms with E-state index in [2.05, 4.69) is 4.74 Å². The third-order valence-corrected chi connectivity index (χ3v) is 12.2. The number of carbonyl (C=O) groups is 2. The van der Waals surface area contributed by atoms with Gasteiger partial charge in [-0.25, -0.2) is 21.6 Å². The zero-order valence-electron chi connectivity index (χ0n) is 27.1. The van der Waals surface area contributed by atoms with E-state index >= 15 is 0 Å². The molecule has 3 aromatic rings. The molecule has 0 bridgehead atoms. The molecule has 282 valence electrons. The number of halogens is 9. The van der Waals surface area contributed by atoms with E-state index in [0.29, 0.717) is 24.3 Å². The van der Waals surface area contributed by atoms with Gasteiger partial charge < -0.3 is 14.7 Å². The number of aliphatic carboxylic acids is 1. The standard InChI is InChI=1S/C35H32F9NO6S/c36-24-9-11-25(12-10-24)52(49,50)30-13-6-22(31(46)45-16-14-21(15-17-45)32(47)48)18-26(30)20-4-7-23(8-5-20)33(34(39,40)41,35(42,43)44)51-19-27-28(37)2-1-3-29(27)38/h1-5,7-12,21-22,26,30H,6,13-19H2,(H,47,48)/t22-,26?,30?/m1/s1. The van der Waals surface area contributed by atoms with Crippen LogP contribution in [-0.4, -0.2) is 61.0 Å². The number of carboxylic acids is 1. The number of rotatable bonds is 9. The number of carbonyl (C=O) groups excluding carboxylic acids is 1. The number of benzene rings is 3. The first-order valence-corrected chi connectivity index (χ1v) is 17.6. The van der Waals surface area contributed by atoms with Crippen molar-refractivity contribution >= 4 is 21.7 Å². The lowest BCUT2D eigenvalue weighted by Crippen LogP contribution is -2.55. The summed E-state index contributed by atoms with van der Waals surface area (Å²) in [5, 5.41) is 7.97. The van der Waals surface area contributed by atoms with Crippen LogP contribution in [0.3, 0.4) is 0 Å². The van der Waals surface area contributed by atoms with Gasteiger partial charge in [-0.3, -0.25) is 9.59 Å². The van der Waals surface area contributed by atoms with Gasteiger partial charge >= 0.3 is 18.3 Å². The topological polar surface area (TPSA) is 101 Å². The Morgan fingerprint density at radius 2 is 1.33 bits per heavy atom. The van der Waals surface area contributed by atoms with Crippen molar-refractivity contribution in [3.8, 4) is 0 Å². The predicted molar refractivity (Wildman–Crippen MR) is 166 cm³/mol. The van der Waals surface area contributed by atoms with Crippen LogP contribution < -0.4 is 0 Å². The van der Waals surface area contributed by atoms with Gasteiger partial charge in [0.15, 0.2) is 9.84 Å². The fraction of sp³-hybridized carbons (Fsp3) is 0.429. The molecule has 0 spiro atoms. The molecule has 0 aromatic heterocycles. The van der Waals surface area contributed by atoms with Crippen molar-refractivity contribution in [3.05, 3.63) is 101 Å². The molecule has 0 radical (unpaired) electrons. The maximum atomic E-state index is 14.5. The second kappa shape index (κ2) is 14.7. The van der Waals surface area contributed by atoms with Crippen LogP contribution in [0.1, 0.15) is 54.7 Å². The molecule has 2 aliphatic rings. The molecular weight excluding hydrogens is 733 g/mol. The van der Waals surface area contributed by atoms with Gasteiger partial charge in [0.1, 0.15) is 17.5 Å². The maximum absolute atomic E-state index is 14.5. The molecule has 3 atom stereocenters. The number of alkyl halides is 6. The van der Waals surface area contributed by atoms with Crippen LogP contribution in [0.5, 0.6) is 0 Å². The van der Waals surface area contributed by atoms with E-state index in [1.165, 1.54) is 4.90 Å². The van der Waals surface area contributed by atoms with Crippen molar-refractivity contribution < 1.29 is 67.4 Å². The molecule has 1 saturated heterocycles. The Labute approximate surface area is 292 Å². The molecule has 5 rings (SSSR count). The summed E-state index contributed by atoms with van der Waals surface area (Å²) in [5.41, 5.74) is -7.77. The van der Waals surface area contributed by atoms with Gasteiger partial charge in [0.25, 0.3) is 5.60 Å². The minimum atomic E-state index is -6.21. The zero-order chi connectivity index (χ0) is 38.2. The third kappa shape index (κ3) is 7.52. The molecule has 1 aliphatic heterocycles. The molecule has 52 heavy (non-hydrogen) atoms. The lowest BCUT2D eigenvalue weighted by molar-refractivity contribution is -0.392. The van der Waals surface area contributed by atoms with Gasteiger partial charge in [-0.2, -0.15) is 26.3 Å². The normalized spacial score (nSPS) is 20.9. The number of piperidine rings is 1. The summed E-state index contributed by atoms with van der Waals surface area (Å²) in [6, 6.07) is 8.59.